The molecule has 4 nitrogen and oxygen atoms in total. The van der Waals surface area contributed by atoms with Gasteiger partial charge >= 0.3 is 0 Å². The number of aryl methyl sites for hydroxylation is 1. The Labute approximate surface area is 116 Å². The standard InChI is InChI=1S/C13H12ClNO3S/c1-9-2-3-10(14)8-13(9)15-19(17,18)12-6-4-11(16)5-7-12/h2-8,15-16H,1H3. The van der Waals surface area contributed by atoms with Gasteiger partial charge in [0.1, 0.15) is 5.75 Å². The Kier molecular flexibility index (Phi) is 3.68. The van der Waals surface area contributed by atoms with Crippen molar-refractivity contribution < 1.29 is 13.5 Å². The molecule has 0 bridgehead atoms. The van der Waals surface area contributed by atoms with Crippen LogP contribution in [0.2, 0.25) is 5.02 Å². The lowest BCUT2D eigenvalue weighted by Crippen LogP contribution is -2.13. The van der Waals surface area contributed by atoms with Gasteiger partial charge in [-0.05, 0) is 48.9 Å². The first-order valence-corrected chi connectivity index (χ1v) is 7.32. The van der Waals surface area contributed by atoms with Crippen LogP contribution in [0.3, 0.4) is 0 Å². The quantitative estimate of drug-likeness (QED) is 0.914. The molecular formula is C13H12ClNO3S. The summed E-state index contributed by atoms with van der Waals surface area (Å²) in [5.74, 6) is 0.0119. The van der Waals surface area contributed by atoms with E-state index in [1.54, 1.807) is 25.1 Å². The van der Waals surface area contributed by atoms with Gasteiger partial charge in [0.05, 0.1) is 10.6 Å². The number of phenolic OH excluding ortho intramolecular Hbond substituents is 1. The summed E-state index contributed by atoms with van der Waals surface area (Å²) >= 11 is 5.84. The molecule has 0 radical (unpaired) electrons. The van der Waals surface area contributed by atoms with Gasteiger partial charge in [0, 0.05) is 5.02 Å². The van der Waals surface area contributed by atoms with Crippen LogP contribution >= 0.6 is 11.6 Å². The van der Waals surface area contributed by atoms with Crippen molar-refractivity contribution in [2.75, 3.05) is 4.72 Å². The highest BCUT2D eigenvalue weighted by molar-refractivity contribution is 7.92. The van der Waals surface area contributed by atoms with Crippen molar-refractivity contribution in [3.8, 4) is 5.75 Å². The maximum absolute atomic E-state index is 12.1. The Bertz CT molecular complexity index is 696. The normalized spacial score (nSPS) is 11.3. The van der Waals surface area contributed by atoms with Crippen LogP contribution in [0.15, 0.2) is 47.4 Å². The maximum Gasteiger partial charge on any atom is 0.261 e. The molecule has 100 valence electrons. The summed E-state index contributed by atoms with van der Waals surface area (Å²) in [5.41, 5.74) is 1.20. The summed E-state index contributed by atoms with van der Waals surface area (Å²) in [6.07, 6.45) is 0. The monoisotopic (exact) mass is 297 g/mol. The molecule has 0 saturated heterocycles. The van der Waals surface area contributed by atoms with Gasteiger partial charge in [0.15, 0.2) is 0 Å². The molecule has 2 rings (SSSR count). The summed E-state index contributed by atoms with van der Waals surface area (Å²) in [6, 6.07) is 10.3. The minimum Gasteiger partial charge on any atom is -0.508 e. The number of sulfonamides is 1. The highest BCUT2D eigenvalue weighted by atomic mass is 35.5. The second kappa shape index (κ2) is 5.11. The van der Waals surface area contributed by atoms with Gasteiger partial charge in [-0.1, -0.05) is 17.7 Å². The number of hydrogen-bond donors (Lipinski definition) is 2. The lowest BCUT2D eigenvalue weighted by atomic mass is 10.2. The van der Waals surface area contributed by atoms with E-state index in [2.05, 4.69) is 4.72 Å². The van der Waals surface area contributed by atoms with E-state index in [0.717, 1.165) is 5.56 Å². The molecule has 0 aliphatic heterocycles. The molecule has 19 heavy (non-hydrogen) atoms. The summed E-state index contributed by atoms with van der Waals surface area (Å²) in [5, 5.41) is 9.61. The van der Waals surface area contributed by atoms with E-state index in [1.165, 1.54) is 24.3 Å². The van der Waals surface area contributed by atoms with Gasteiger partial charge in [-0.25, -0.2) is 8.42 Å². The number of hydrogen-bond acceptors (Lipinski definition) is 3. The van der Waals surface area contributed by atoms with Crippen molar-refractivity contribution in [2.45, 2.75) is 11.8 Å². The topological polar surface area (TPSA) is 66.4 Å². The molecular weight excluding hydrogens is 286 g/mol. The van der Waals surface area contributed by atoms with Crippen molar-refractivity contribution >= 4 is 27.3 Å². The van der Waals surface area contributed by atoms with Crippen LogP contribution in [0.4, 0.5) is 5.69 Å². The Balaban J connectivity index is 2.36. The molecule has 2 aromatic carbocycles. The fourth-order valence-electron chi connectivity index (χ4n) is 1.53. The third-order valence-electron chi connectivity index (χ3n) is 2.59. The number of phenols is 1. The third-order valence-corrected chi connectivity index (χ3v) is 4.21. The zero-order chi connectivity index (χ0) is 14.0. The largest absolute Gasteiger partial charge is 0.508 e. The first kappa shape index (κ1) is 13.7. The van der Waals surface area contributed by atoms with E-state index in [9.17, 15) is 8.42 Å². The van der Waals surface area contributed by atoms with Crippen LogP contribution < -0.4 is 4.72 Å². The van der Waals surface area contributed by atoms with Gasteiger partial charge in [0.2, 0.25) is 0 Å². The van der Waals surface area contributed by atoms with Crippen molar-refractivity contribution in [2.24, 2.45) is 0 Å². The molecule has 0 amide bonds. The SMILES string of the molecule is Cc1ccc(Cl)cc1NS(=O)(=O)c1ccc(O)cc1. The third kappa shape index (κ3) is 3.19. The van der Waals surface area contributed by atoms with Crippen molar-refractivity contribution in [3.63, 3.8) is 0 Å². The van der Waals surface area contributed by atoms with Crippen molar-refractivity contribution in [1.29, 1.82) is 0 Å². The maximum atomic E-state index is 12.1. The molecule has 2 aromatic rings. The van der Waals surface area contributed by atoms with Crippen LogP contribution in [0.25, 0.3) is 0 Å². The molecule has 0 fully saturated rings. The molecule has 6 heteroatoms. The van der Waals surface area contributed by atoms with Gasteiger partial charge in [-0.2, -0.15) is 0 Å². The molecule has 0 saturated carbocycles. The summed E-state index contributed by atoms with van der Waals surface area (Å²) in [7, 11) is -3.69. The molecule has 0 aliphatic carbocycles. The highest BCUT2D eigenvalue weighted by Gasteiger charge is 2.15. The minimum absolute atomic E-state index is 0.0119. The zero-order valence-corrected chi connectivity index (χ0v) is 11.7. The van der Waals surface area contributed by atoms with E-state index in [1.807, 2.05) is 0 Å². The van der Waals surface area contributed by atoms with Crippen LogP contribution in [0.1, 0.15) is 5.56 Å². The number of halogens is 1. The van der Waals surface area contributed by atoms with Gasteiger partial charge < -0.3 is 5.11 Å². The van der Waals surface area contributed by atoms with Gasteiger partial charge in [-0.3, -0.25) is 4.72 Å². The van der Waals surface area contributed by atoms with Crippen LogP contribution in [-0.2, 0) is 10.0 Å². The number of nitrogens with one attached hydrogen (secondary N) is 1. The fourth-order valence-corrected chi connectivity index (χ4v) is 2.83. The predicted molar refractivity (Wildman–Crippen MR) is 75.1 cm³/mol. The Morgan fingerprint density at radius 3 is 2.37 bits per heavy atom. The van der Waals surface area contributed by atoms with E-state index in [0.29, 0.717) is 10.7 Å². The van der Waals surface area contributed by atoms with Crippen LogP contribution in [0.5, 0.6) is 5.75 Å². The first-order valence-electron chi connectivity index (χ1n) is 5.46. The molecule has 0 aromatic heterocycles. The lowest BCUT2D eigenvalue weighted by molar-refractivity contribution is 0.475. The number of aromatic hydroxyl groups is 1. The summed E-state index contributed by atoms with van der Waals surface area (Å²) in [6.45, 7) is 1.78. The second-order valence-corrected chi connectivity index (χ2v) is 6.18. The van der Waals surface area contributed by atoms with Crippen molar-refractivity contribution in [3.05, 3.63) is 53.1 Å². The number of benzene rings is 2. The van der Waals surface area contributed by atoms with E-state index in [4.69, 9.17) is 16.7 Å². The average Bonchev–Trinajstić information content (AvgIpc) is 2.34. The minimum atomic E-state index is -3.69. The zero-order valence-electron chi connectivity index (χ0n) is 10.1. The number of rotatable bonds is 3. The van der Waals surface area contributed by atoms with Gasteiger partial charge in [0.25, 0.3) is 10.0 Å². The molecule has 0 spiro atoms. The summed E-state index contributed by atoms with van der Waals surface area (Å²) < 4.78 is 26.8. The van der Waals surface area contributed by atoms with E-state index in [-0.39, 0.29) is 10.6 Å². The molecule has 0 heterocycles. The first-order chi connectivity index (χ1) is 8.88. The predicted octanol–water partition coefficient (Wildman–Crippen LogP) is 3.15. The van der Waals surface area contributed by atoms with E-state index < -0.39 is 10.0 Å². The Morgan fingerprint density at radius 1 is 1.11 bits per heavy atom. The lowest BCUT2D eigenvalue weighted by Gasteiger charge is -2.11. The molecule has 2 N–H and O–H groups in total. The molecule has 0 atom stereocenters. The van der Waals surface area contributed by atoms with Gasteiger partial charge in [-0.15, -0.1) is 0 Å². The van der Waals surface area contributed by atoms with Crippen molar-refractivity contribution in [1.82, 2.24) is 0 Å². The van der Waals surface area contributed by atoms with E-state index >= 15 is 0 Å². The average molecular weight is 298 g/mol. The van der Waals surface area contributed by atoms with Crippen LogP contribution in [0, 0.1) is 6.92 Å². The second-order valence-electron chi connectivity index (χ2n) is 4.06. The molecule has 0 unspecified atom stereocenters. The smallest absolute Gasteiger partial charge is 0.261 e. The number of anilines is 1. The Hall–Kier alpha value is -1.72. The highest BCUT2D eigenvalue weighted by Crippen LogP contribution is 2.24. The fraction of sp³-hybridized carbons (Fsp3) is 0.0769. The molecule has 0 aliphatic rings. The Morgan fingerprint density at radius 2 is 1.74 bits per heavy atom. The van der Waals surface area contributed by atoms with Crippen LogP contribution in [-0.4, -0.2) is 13.5 Å². The summed E-state index contributed by atoms with van der Waals surface area (Å²) in [4.78, 5) is 0.0738.